The van der Waals surface area contributed by atoms with E-state index in [0.29, 0.717) is 15.6 Å². The summed E-state index contributed by atoms with van der Waals surface area (Å²) in [6, 6.07) is 11.4. The monoisotopic (exact) mass is 401 g/mol. The average molecular weight is 402 g/mol. The van der Waals surface area contributed by atoms with Crippen LogP contribution in [-0.2, 0) is 26.2 Å². The van der Waals surface area contributed by atoms with Crippen LogP contribution < -0.4 is 4.72 Å². The summed E-state index contributed by atoms with van der Waals surface area (Å²) in [5.74, 6) is -0.516. The van der Waals surface area contributed by atoms with Gasteiger partial charge in [0, 0.05) is 6.54 Å². The second-order valence-corrected chi connectivity index (χ2v) is 7.95. The van der Waals surface area contributed by atoms with Crippen LogP contribution in [0.15, 0.2) is 47.4 Å². The Morgan fingerprint density at radius 1 is 1.08 bits per heavy atom. The molecule has 2 aromatic rings. The van der Waals surface area contributed by atoms with Gasteiger partial charge in [0.05, 0.1) is 21.4 Å². The smallest absolute Gasteiger partial charge is 0.307 e. The van der Waals surface area contributed by atoms with E-state index in [1.165, 1.54) is 12.1 Å². The minimum absolute atomic E-state index is 0.0421. The van der Waals surface area contributed by atoms with Gasteiger partial charge in [-0.3, -0.25) is 4.79 Å². The van der Waals surface area contributed by atoms with Crippen molar-refractivity contribution in [2.45, 2.75) is 24.8 Å². The Morgan fingerprint density at radius 2 is 1.76 bits per heavy atom. The van der Waals surface area contributed by atoms with Crippen molar-refractivity contribution in [3.63, 3.8) is 0 Å². The minimum Gasteiger partial charge on any atom is -0.461 e. The lowest BCUT2D eigenvalue weighted by Gasteiger charge is -2.08. The average Bonchev–Trinajstić information content (AvgIpc) is 2.56. The molecule has 0 saturated carbocycles. The quantitative estimate of drug-likeness (QED) is 0.717. The molecule has 2 rings (SSSR count). The molecule has 134 valence electrons. The van der Waals surface area contributed by atoms with Gasteiger partial charge < -0.3 is 4.74 Å². The fourth-order valence-electron chi connectivity index (χ4n) is 1.95. The summed E-state index contributed by atoms with van der Waals surface area (Å²) >= 11 is 11.7. The van der Waals surface area contributed by atoms with E-state index in [9.17, 15) is 13.2 Å². The molecule has 0 bridgehead atoms. The number of aryl methyl sites for hydroxylation is 1. The summed E-state index contributed by atoms with van der Waals surface area (Å²) < 4.78 is 31.6. The number of benzene rings is 2. The topological polar surface area (TPSA) is 72.5 Å². The van der Waals surface area contributed by atoms with Crippen LogP contribution in [-0.4, -0.2) is 20.9 Å². The second-order valence-electron chi connectivity index (χ2n) is 5.37. The van der Waals surface area contributed by atoms with E-state index >= 15 is 0 Å². The number of carbonyl (C=O) groups excluding carboxylic acids is 1. The highest BCUT2D eigenvalue weighted by atomic mass is 35.5. The van der Waals surface area contributed by atoms with Crippen molar-refractivity contribution in [2.24, 2.45) is 0 Å². The largest absolute Gasteiger partial charge is 0.461 e. The zero-order valence-corrected chi connectivity index (χ0v) is 15.8. The number of halogens is 2. The van der Waals surface area contributed by atoms with Crippen LogP contribution in [0.1, 0.15) is 17.5 Å². The molecule has 0 aliphatic carbocycles. The molecule has 0 aromatic heterocycles. The second kappa shape index (κ2) is 8.67. The first kappa shape index (κ1) is 19.7. The number of hydrogen-bond donors (Lipinski definition) is 1. The summed E-state index contributed by atoms with van der Waals surface area (Å²) in [4.78, 5) is 11.9. The standard InChI is InChI=1S/C17H17Cl2NO4S/c1-12-2-5-14(6-3-12)25(22,23)20-9-8-17(21)24-11-13-4-7-15(18)16(19)10-13/h2-7,10,20H,8-9,11H2,1H3. The molecule has 25 heavy (non-hydrogen) atoms. The lowest BCUT2D eigenvalue weighted by Crippen LogP contribution is -2.26. The molecule has 0 atom stereocenters. The number of ether oxygens (including phenoxy) is 1. The lowest BCUT2D eigenvalue weighted by molar-refractivity contribution is -0.144. The summed E-state index contributed by atoms with van der Waals surface area (Å²) in [5.41, 5.74) is 1.66. The zero-order chi connectivity index (χ0) is 18.4. The van der Waals surface area contributed by atoms with E-state index in [1.807, 2.05) is 6.92 Å². The predicted octanol–water partition coefficient (Wildman–Crippen LogP) is 3.71. The molecule has 0 aliphatic heterocycles. The van der Waals surface area contributed by atoms with E-state index in [-0.39, 0.29) is 24.5 Å². The number of esters is 1. The van der Waals surface area contributed by atoms with Gasteiger partial charge >= 0.3 is 5.97 Å². The third kappa shape index (κ3) is 6.01. The third-order valence-corrected chi connectivity index (χ3v) is 5.55. The van der Waals surface area contributed by atoms with Gasteiger partial charge in [-0.1, -0.05) is 47.0 Å². The van der Waals surface area contributed by atoms with E-state index < -0.39 is 16.0 Å². The first-order valence-corrected chi connectivity index (χ1v) is 9.68. The summed E-state index contributed by atoms with van der Waals surface area (Å²) in [6.07, 6.45) is -0.0770. The van der Waals surface area contributed by atoms with Crippen LogP contribution in [0.25, 0.3) is 0 Å². The Kier molecular flexibility index (Phi) is 6.84. The van der Waals surface area contributed by atoms with Gasteiger partial charge in [0.2, 0.25) is 10.0 Å². The molecule has 0 spiro atoms. The van der Waals surface area contributed by atoms with Crippen molar-refractivity contribution in [2.75, 3.05) is 6.54 Å². The first-order chi connectivity index (χ1) is 11.8. The summed E-state index contributed by atoms with van der Waals surface area (Å²) in [5, 5.41) is 0.795. The Bertz CT molecular complexity index is 851. The Hall–Kier alpha value is -1.60. The molecule has 2 aromatic carbocycles. The van der Waals surface area contributed by atoms with Crippen LogP contribution in [0, 0.1) is 6.92 Å². The Balaban J connectivity index is 1.79. The van der Waals surface area contributed by atoms with Crippen LogP contribution in [0.5, 0.6) is 0 Å². The number of sulfonamides is 1. The van der Waals surface area contributed by atoms with Crippen LogP contribution in [0.2, 0.25) is 10.0 Å². The number of rotatable bonds is 7. The molecule has 0 heterocycles. The molecule has 0 aliphatic rings. The fourth-order valence-corrected chi connectivity index (χ4v) is 3.31. The highest BCUT2D eigenvalue weighted by molar-refractivity contribution is 7.89. The van der Waals surface area contributed by atoms with Crippen molar-refractivity contribution >= 4 is 39.2 Å². The van der Waals surface area contributed by atoms with Crippen molar-refractivity contribution in [3.8, 4) is 0 Å². The van der Waals surface area contributed by atoms with E-state index in [0.717, 1.165) is 5.56 Å². The van der Waals surface area contributed by atoms with Gasteiger partial charge in [0.1, 0.15) is 6.61 Å². The molecule has 1 N–H and O–H groups in total. The van der Waals surface area contributed by atoms with Gasteiger partial charge in [-0.05, 0) is 36.8 Å². The van der Waals surface area contributed by atoms with Crippen molar-refractivity contribution < 1.29 is 17.9 Å². The summed E-state index contributed by atoms with van der Waals surface area (Å²) in [7, 11) is -3.64. The van der Waals surface area contributed by atoms with Gasteiger partial charge in [-0.2, -0.15) is 0 Å². The lowest BCUT2D eigenvalue weighted by atomic mass is 10.2. The van der Waals surface area contributed by atoms with E-state index in [1.54, 1.807) is 30.3 Å². The Morgan fingerprint density at radius 3 is 2.40 bits per heavy atom. The molecular formula is C17H17Cl2NO4S. The summed E-state index contributed by atoms with van der Waals surface area (Å²) in [6.45, 7) is 1.87. The van der Waals surface area contributed by atoms with Crippen molar-refractivity contribution in [1.29, 1.82) is 0 Å². The van der Waals surface area contributed by atoms with Gasteiger partial charge in [0.15, 0.2) is 0 Å². The van der Waals surface area contributed by atoms with Crippen LogP contribution in [0.4, 0.5) is 0 Å². The molecule has 0 amide bonds. The van der Waals surface area contributed by atoms with Gasteiger partial charge in [-0.15, -0.1) is 0 Å². The predicted molar refractivity (Wildman–Crippen MR) is 97.2 cm³/mol. The van der Waals surface area contributed by atoms with Crippen LogP contribution in [0.3, 0.4) is 0 Å². The van der Waals surface area contributed by atoms with Gasteiger partial charge in [0.25, 0.3) is 0 Å². The molecule has 0 fully saturated rings. The zero-order valence-electron chi connectivity index (χ0n) is 13.5. The maximum atomic E-state index is 12.1. The molecule has 0 radical (unpaired) electrons. The first-order valence-electron chi connectivity index (χ1n) is 7.44. The molecule has 0 unspecified atom stereocenters. The van der Waals surface area contributed by atoms with Gasteiger partial charge in [-0.25, -0.2) is 13.1 Å². The molecule has 8 heteroatoms. The number of carbonyl (C=O) groups is 1. The molecule has 5 nitrogen and oxygen atoms in total. The Labute approximate surface area is 157 Å². The maximum Gasteiger partial charge on any atom is 0.307 e. The fraction of sp³-hybridized carbons (Fsp3) is 0.235. The third-order valence-electron chi connectivity index (χ3n) is 3.34. The van der Waals surface area contributed by atoms with E-state index in [4.69, 9.17) is 27.9 Å². The number of hydrogen-bond acceptors (Lipinski definition) is 4. The van der Waals surface area contributed by atoms with Crippen LogP contribution >= 0.6 is 23.2 Å². The normalized spacial score (nSPS) is 11.3. The highest BCUT2D eigenvalue weighted by Gasteiger charge is 2.14. The van der Waals surface area contributed by atoms with Crippen molar-refractivity contribution in [3.05, 3.63) is 63.6 Å². The molecular weight excluding hydrogens is 385 g/mol. The van der Waals surface area contributed by atoms with E-state index in [2.05, 4.69) is 4.72 Å². The minimum atomic E-state index is -3.64. The highest BCUT2D eigenvalue weighted by Crippen LogP contribution is 2.22. The molecule has 0 saturated heterocycles. The maximum absolute atomic E-state index is 12.1. The van der Waals surface area contributed by atoms with Crippen molar-refractivity contribution in [1.82, 2.24) is 4.72 Å². The SMILES string of the molecule is Cc1ccc(S(=O)(=O)NCCC(=O)OCc2ccc(Cl)c(Cl)c2)cc1. The number of nitrogens with one attached hydrogen (secondary N) is 1.